The number of nitrogens with one attached hydrogen (secondary N) is 2. The quantitative estimate of drug-likeness (QED) is 0.491. The van der Waals surface area contributed by atoms with Crippen molar-refractivity contribution >= 4 is 35.0 Å². The van der Waals surface area contributed by atoms with Crippen LogP contribution in [0.5, 0.6) is 0 Å². The summed E-state index contributed by atoms with van der Waals surface area (Å²) >= 11 is 1.32. The number of hydrogen-bond donors (Lipinski definition) is 2. The third kappa shape index (κ3) is 5.17. The molecule has 144 valence electrons. The molecule has 2 amide bonds. The summed E-state index contributed by atoms with van der Waals surface area (Å²) in [5.41, 5.74) is 3.23. The van der Waals surface area contributed by atoms with E-state index >= 15 is 0 Å². The summed E-state index contributed by atoms with van der Waals surface area (Å²) in [5, 5.41) is 10.6. The molecule has 0 atom stereocenters. The Kier molecular flexibility index (Phi) is 6.05. The lowest BCUT2D eigenvalue weighted by atomic mass is 10.3. The van der Waals surface area contributed by atoms with Crippen LogP contribution in [0.3, 0.4) is 0 Å². The van der Waals surface area contributed by atoms with Crippen LogP contribution >= 0.6 is 11.8 Å². The van der Waals surface area contributed by atoms with Crippen molar-refractivity contribution in [1.82, 2.24) is 19.7 Å². The molecule has 0 bridgehead atoms. The highest BCUT2D eigenvalue weighted by molar-refractivity contribution is 7.99. The minimum Gasteiger partial charge on any atom is -0.326 e. The maximum Gasteiger partial charge on any atom is 0.234 e. The molecule has 8 nitrogen and oxygen atoms in total. The Morgan fingerprint density at radius 1 is 1.04 bits per heavy atom. The van der Waals surface area contributed by atoms with Gasteiger partial charge in [-0.05, 0) is 44.2 Å². The van der Waals surface area contributed by atoms with E-state index in [1.807, 2.05) is 19.9 Å². The van der Waals surface area contributed by atoms with Gasteiger partial charge in [0.1, 0.15) is 11.4 Å². The van der Waals surface area contributed by atoms with Crippen LogP contribution in [0.25, 0.3) is 5.82 Å². The molecule has 9 heteroatoms. The number of carbonyl (C=O) groups is 2. The lowest BCUT2D eigenvalue weighted by Crippen LogP contribution is -2.14. The van der Waals surface area contributed by atoms with Gasteiger partial charge < -0.3 is 10.6 Å². The number of aryl methyl sites for hydroxylation is 2. The molecular weight excluding hydrogens is 376 g/mol. The molecule has 0 saturated carbocycles. The molecule has 0 fully saturated rings. The fourth-order valence-corrected chi connectivity index (χ4v) is 3.22. The van der Waals surface area contributed by atoms with E-state index in [0.717, 1.165) is 11.4 Å². The smallest absolute Gasteiger partial charge is 0.234 e. The van der Waals surface area contributed by atoms with E-state index in [4.69, 9.17) is 0 Å². The standard InChI is InChI=1S/C19H20N6O2S/c1-12-8-13(2)25(24-12)17-9-19(21-11-20-17)28-10-18(27)23-16-6-4-15(5-7-16)22-14(3)26/h4-9,11H,10H2,1-3H3,(H,22,26)(H,23,27). The average Bonchev–Trinajstić information content (AvgIpc) is 3.00. The monoisotopic (exact) mass is 396 g/mol. The van der Waals surface area contributed by atoms with Gasteiger partial charge in [0.15, 0.2) is 5.82 Å². The Labute approximate surface area is 166 Å². The molecule has 2 heterocycles. The minimum absolute atomic E-state index is 0.141. The fourth-order valence-electron chi connectivity index (χ4n) is 2.56. The predicted molar refractivity (Wildman–Crippen MR) is 109 cm³/mol. The zero-order valence-electron chi connectivity index (χ0n) is 15.8. The van der Waals surface area contributed by atoms with Gasteiger partial charge in [-0.3, -0.25) is 9.59 Å². The Morgan fingerprint density at radius 2 is 1.71 bits per heavy atom. The van der Waals surface area contributed by atoms with Gasteiger partial charge >= 0.3 is 0 Å². The second-order valence-electron chi connectivity index (χ2n) is 6.15. The van der Waals surface area contributed by atoms with Crippen molar-refractivity contribution in [1.29, 1.82) is 0 Å². The first-order chi connectivity index (χ1) is 13.4. The second kappa shape index (κ2) is 8.66. The largest absolute Gasteiger partial charge is 0.326 e. The maximum atomic E-state index is 12.2. The molecule has 0 unspecified atom stereocenters. The highest BCUT2D eigenvalue weighted by atomic mass is 32.2. The molecule has 1 aromatic carbocycles. The lowest BCUT2D eigenvalue weighted by molar-refractivity contribution is -0.114. The molecule has 0 aliphatic carbocycles. The normalized spacial score (nSPS) is 10.5. The third-order valence-corrected chi connectivity index (χ3v) is 4.62. The highest BCUT2D eigenvalue weighted by Gasteiger charge is 2.09. The first kappa shape index (κ1) is 19.6. The van der Waals surface area contributed by atoms with E-state index in [1.165, 1.54) is 25.0 Å². The van der Waals surface area contributed by atoms with Gasteiger partial charge in [0.05, 0.1) is 11.4 Å². The second-order valence-corrected chi connectivity index (χ2v) is 7.14. The van der Waals surface area contributed by atoms with Crippen molar-refractivity contribution in [3.8, 4) is 5.82 Å². The van der Waals surface area contributed by atoms with Crippen LogP contribution in [0.2, 0.25) is 0 Å². The topological polar surface area (TPSA) is 102 Å². The summed E-state index contributed by atoms with van der Waals surface area (Å²) in [6, 6.07) is 10.7. The Hall–Kier alpha value is -3.20. The van der Waals surface area contributed by atoms with Gasteiger partial charge in [0, 0.05) is 30.1 Å². The van der Waals surface area contributed by atoms with Crippen molar-refractivity contribution in [2.24, 2.45) is 0 Å². The summed E-state index contributed by atoms with van der Waals surface area (Å²) < 4.78 is 1.75. The number of amides is 2. The molecule has 0 saturated heterocycles. The van der Waals surface area contributed by atoms with E-state index in [0.29, 0.717) is 22.2 Å². The highest BCUT2D eigenvalue weighted by Crippen LogP contribution is 2.19. The summed E-state index contributed by atoms with van der Waals surface area (Å²) in [4.78, 5) is 31.7. The first-order valence-corrected chi connectivity index (χ1v) is 9.55. The van der Waals surface area contributed by atoms with Crippen LogP contribution in [0, 0.1) is 13.8 Å². The Morgan fingerprint density at radius 3 is 2.32 bits per heavy atom. The molecule has 2 aromatic heterocycles. The summed E-state index contributed by atoms with van der Waals surface area (Å²) in [6.07, 6.45) is 1.47. The van der Waals surface area contributed by atoms with Gasteiger partial charge in [0.2, 0.25) is 11.8 Å². The van der Waals surface area contributed by atoms with Crippen LogP contribution in [0.15, 0.2) is 47.8 Å². The predicted octanol–water partition coefficient (Wildman–Crippen LogP) is 2.97. The van der Waals surface area contributed by atoms with E-state index < -0.39 is 0 Å². The average molecular weight is 396 g/mol. The molecular formula is C19H20N6O2S. The number of carbonyl (C=O) groups excluding carboxylic acids is 2. The molecule has 3 rings (SSSR count). The van der Waals surface area contributed by atoms with Crippen molar-refractivity contribution in [2.75, 3.05) is 16.4 Å². The van der Waals surface area contributed by atoms with Crippen molar-refractivity contribution in [3.63, 3.8) is 0 Å². The molecule has 0 aliphatic rings. The van der Waals surface area contributed by atoms with Crippen molar-refractivity contribution in [2.45, 2.75) is 25.8 Å². The van der Waals surface area contributed by atoms with Crippen LogP contribution < -0.4 is 10.6 Å². The number of rotatable bonds is 6. The van der Waals surface area contributed by atoms with E-state index in [9.17, 15) is 9.59 Å². The molecule has 0 radical (unpaired) electrons. The van der Waals surface area contributed by atoms with Crippen molar-refractivity contribution in [3.05, 3.63) is 54.1 Å². The van der Waals surface area contributed by atoms with Gasteiger partial charge in [-0.2, -0.15) is 5.10 Å². The number of benzene rings is 1. The molecule has 0 spiro atoms. The van der Waals surface area contributed by atoms with Gasteiger partial charge in [-0.1, -0.05) is 11.8 Å². The molecule has 2 N–H and O–H groups in total. The summed E-state index contributed by atoms with van der Waals surface area (Å²) in [5.74, 6) is 0.583. The minimum atomic E-state index is -0.149. The molecule has 28 heavy (non-hydrogen) atoms. The third-order valence-electron chi connectivity index (χ3n) is 3.69. The molecule has 0 aliphatic heterocycles. The van der Waals surface area contributed by atoms with Crippen LogP contribution in [0.4, 0.5) is 11.4 Å². The van der Waals surface area contributed by atoms with Crippen LogP contribution in [0.1, 0.15) is 18.3 Å². The van der Waals surface area contributed by atoms with Crippen LogP contribution in [-0.4, -0.2) is 37.3 Å². The number of hydrogen-bond acceptors (Lipinski definition) is 6. The number of aromatic nitrogens is 4. The first-order valence-electron chi connectivity index (χ1n) is 8.57. The molecule has 3 aromatic rings. The van der Waals surface area contributed by atoms with Gasteiger partial charge in [0.25, 0.3) is 0 Å². The zero-order valence-corrected chi connectivity index (χ0v) is 16.6. The number of thioether (sulfide) groups is 1. The van der Waals surface area contributed by atoms with E-state index in [2.05, 4.69) is 25.7 Å². The summed E-state index contributed by atoms with van der Waals surface area (Å²) in [7, 11) is 0. The van der Waals surface area contributed by atoms with Crippen LogP contribution in [-0.2, 0) is 9.59 Å². The fraction of sp³-hybridized carbons (Fsp3) is 0.211. The summed E-state index contributed by atoms with van der Waals surface area (Å²) in [6.45, 7) is 5.33. The Bertz CT molecular complexity index is 1000. The number of anilines is 2. The van der Waals surface area contributed by atoms with Crippen molar-refractivity contribution < 1.29 is 9.59 Å². The van der Waals surface area contributed by atoms with Gasteiger partial charge in [-0.15, -0.1) is 0 Å². The Balaban J connectivity index is 1.58. The van der Waals surface area contributed by atoms with E-state index in [-0.39, 0.29) is 17.6 Å². The maximum absolute atomic E-state index is 12.2. The van der Waals surface area contributed by atoms with Gasteiger partial charge in [-0.25, -0.2) is 14.6 Å². The van der Waals surface area contributed by atoms with E-state index in [1.54, 1.807) is 35.0 Å². The zero-order chi connectivity index (χ0) is 20.1. The SMILES string of the molecule is CC(=O)Nc1ccc(NC(=O)CSc2cc(-n3nc(C)cc3C)ncn2)cc1. The lowest BCUT2D eigenvalue weighted by Gasteiger charge is -2.07. The number of nitrogens with zero attached hydrogens (tertiary/aromatic N) is 4.